The Labute approximate surface area is 46.8 Å². The second kappa shape index (κ2) is 2.66. The molecule has 1 heterocycles. The Hall–Kier alpha value is -0.580. The highest BCUT2D eigenvalue weighted by Crippen LogP contribution is 1.91. The lowest BCUT2D eigenvalue weighted by Crippen LogP contribution is -2.19. The first-order chi connectivity index (χ1) is 3.89. The van der Waals surface area contributed by atoms with Gasteiger partial charge in [-0.05, 0) is 11.3 Å². The van der Waals surface area contributed by atoms with Crippen LogP contribution in [-0.4, -0.2) is 23.8 Å². The third-order valence-corrected chi connectivity index (χ3v) is 0.697. The molecule has 0 aromatic rings. The van der Waals surface area contributed by atoms with Gasteiger partial charge in [0, 0.05) is 0 Å². The summed E-state index contributed by atoms with van der Waals surface area (Å²) in [5.41, 5.74) is 0. The molecule has 0 radical (unpaired) electrons. The van der Waals surface area contributed by atoms with E-state index in [-0.39, 0.29) is 6.73 Å². The first-order valence-corrected chi connectivity index (χ1v) is 2.25. The van der Waals surface area contributed by atoms with Crippen LogP contribution in [0.3, 0.4) is 0 Å². The number of hydrogen-bond donors (Lipinski definition) is 1. The van der Waals surface area contributed by atoms with Crippen LogP contribution in [0.15, 0.2) is 12.3 Å². The van der Waals surface area contributed by atoms with Crippen molar-refractivity contribution in [3.63, 3.8) is 0 Å². The Morgan fingerprint density at radius 3 is 3.38 bits per heavy atom. The highest BCUT2D eigenvalue weighted by molar-refractivity contribution is 4.72. The van der Waals surface area contributed by atoms with E-state index < -0.39 is 0 Å². The number of rotatable bonds is 0. The Morgan fingerprint density at radius 2 is 2.50 bits per heavy atom. The van der Waals surface area contributed by atoms with Crippen LogP contribution in [0.25, 0.3) is 0 Å². The normalized spacial score (nSPS) is 22.1. The van der Waals surface area contributed by atoms with E-state index in [1.54, 1.807) is 6.08 Å². The van der Waals surface area contributed by atoms with Gasteiger partial charge in [0.05, 0.1) is 12.9 Å². The molecular formula is C4H7NO3. The maximum atomic E-state index is 8.54. The molecule has 4 nitrogen and oxygen atoms in total. The van der Waals surface area contributed by atoms with Gasteiger partial charge in [-0.2, -0.15) is 0 Å². The fourth-order valence-corrected chi connectivity index (χ4v) is 0.380. The molecule has 1 N–H and O–H groups in total. The largest absolute Gasteiger partial charge is 0.481 e. The fraction of sp³-hybridized carbons (Fsp3) is 0.500. The Balaban J connectivity index is 2.28. The van der Waals surface area contributed by atoms with Crippen molar-refractivity contribution in [2.45, 2.75) is 0 Å². The maximum absolute atomic E-state index is 8.54. The molecule has 1 rings (SSSR count). The zero-order valence-electron chi connectivity index (χ0n) is 4.28. The molecule has 46 valence electrons. The van der Waals surface area contributed by atoms with Crippen LogP contribution in [0, 0.1) is 0 Å². The predicted molar refractivity (Wildman–Crippen MR) is 24.7 cm³/mol. The molecule has 0 aromatic carbocycles. The fourth-order valence-electron chi connectivity index (χ4n) is 0.380. The minimum atomic E-state index is 0.0660. The van der Waals surface area contributed by atoms with Gasteiger partial charge in [-0.25, -0.2) is 0 Å². The van der Waals surface area contributed by atoms with Gasteiger partial charge in [0.1, 0.15) is 0 Å². The number of hydroxylamine groups is 2. The topological polar surface area (TPSA) is 41.9 Å². The molecule has 8 heavy (non-hydrogen) atoms. The zero-order chi connectivity index (χ0) is 5.82. The van der Waals surface area contributed by atoms with Crippen LogP contribution in [0.2, 0.25) is 0 Å². The van der Waals surface area contributed by atoms with Crippen molar-refractivity contribution in [3.05, 3.63) is 12.3 Å². The molecule has 0 aliphatic carbocycles. The van der Waals surface area contributed by atoms with Crippen LogP contribution < -0.4 is 0 Å². The number of hydrogen-bond acceptors (Lipinski definition) is 4. The second-order valence-electron chi connectivity index (χ2n) is 1.32. The van der Waals surface area contributed by atoms with Gasteiger partial charge in [-0.15, -0.1) is 0 Å². The van der Waals surface area contributed by atoms with Crippen molar-refractivity contribution in [1.82, 2.24) is 5.23 Å². The van der Waals surface area contributed by atoms with Gasteiger partial charge >= 0.3 is 0 Å². The van der Waals surface area contributed by atoms with E-state index in [1.165, 1.54) is 6.26 Å². The first-order valence-electron chi connectivity index (χ1n) is 2.25. The summed E-state index contributed by atoms with van der Waals surface area (Å²) in [5.74, 6) is 0. The molecule has 0 aromatic heterocycles. The average Bonchev–Trinajstić information content (AvgIpc) is 1.94. The Morgan fingerprint density at radius 1 is 1.62 bits per heavy atom. The first kappa shape index (κ1) is 5.55. The molecule has 0 saturated carbocycles. The highest BCUT2D eigenvalue weighted by atomic mass is 16.9. The summed E-state index contributed by atoms with van der Waals surface area (Å²) in [6.07, 6.45) is 3.15. The lowest BCUT2D eigenvalue weighted by Gasteiger charge is -2.07. The predicted octanol–water partition coefficient (Wildman–Crippen LogP) is 0.111. The van der Waals surface area contributed by atoms with E-state index in [2.05, 4.69) is 9.57 Å². The molecule has 0 unspecified atom stereocenters. The quantitative estimate of drug-likeness (QED) is 0.489. The van der Waals surface area contributed by atoms with Gasteiger partial charge in [0.25, 0.3) is 0 Å². The summed E-state index contributed by atoms with van der Waals surface area (Å²) >= 11 is 0. The summed E-state index contributed by atoms with van der Waals surface area (Å²) < 4.78 is 4.68. The zero-order valence-corrected chi connectivity index (χ0v) is 4.28. The molecule has 0 bridgehead atoms. The number of nitrogens with zero attached hydrogens (tertiary/aromatic N) is 1. The van der Waals surface area contributed by atoms with Crippen LogP contribution in [0.1, 0.15) is 0 Å². The molecule has 1 aliphatic heterocycles. The third kappa shape index (κ3) is 1.49. The van der Waals surface area contributed by atoms with E-state index >= 15 is 0 Å². The molecule has 4 heteroatoms. The third-order valence-electron chi connectivity index (χ3n) is 0.697. The van der Waals surface area contributed by atoms with Crippen LogP contribution in [-0.2, 0) is 9.57 Å². The van der Waals surface area contributed by atoms with E-state index in [0.29, 0.717) is 11.8 Å². The van der Waals surface area contributed by atoms with E-state index in [4.69, 9.17) is 5.21 Å². The standard InChI is InChI=1S/C4H7NO3/c6-5-4-7-2-1-3-8-5/h1-2,6H,3-4H2. The van der Waals surface area contributed by atoms with E-state index in [1.807, 2.05) is 0 Å². The lowest BCUT2D eigenvalue weighted by atomic mass is 10.7. The van der Waals surface area contributed by atoms with Gasteiger partial charge in [0.2, 0.25) is 0 Å². The average molecular weight is 117 g/mol. The Kier molecular flexibility index (Phi) is 1.85. The van der Waals surface area contributed by atoms with Gasteiger partial charge in [-0.3, -0.25) is 10.0 Å². The summed E-state index contributed by atoms with van der Waals surface area (Å²) in [6.45, 7) is 0.424. The number of ether oxygens (including phenoxy) is 1. The molecule has 0 atom stereocenters. The molecule has 0 amide bonds. The molecule has 0 spiro atoms. The van der Waals surface area contributed by atoms with E-state index in [0.717, 1.165) is 0 Å². The monoisotopic (exact) mass is 117 g/mol. The van der Waals surface area contributed by atoms with Crippen molar-refractivity contribution in [1.29, 1.82) is 0 Å². The summed E-state index contributed by atoms with van der Waals surface area (Å²) in [4.78, 5) is 4.58. The van der Waals surface area contributed by atoms with E-state index in [9.17, 15) is 0 Å². The highest BCUT2D eigenvalue weighted by Gasteiger charge is 1.99. The Bertz CT molecular complexity index is 83.3. The molecule has 0 saturated heterocycles. The van der Waals surface area contributed by atoms with Crippen molar-refractivity contribution >= 4 is 0 Å². The second-order valence-corrected chi connectivity index (χ2v) is 1.32. The van der Waals surface area contributed by atoms with Gasteiger partial charge < -0.3 is 4.74 Å². The van der Waals surface area contributed by atoms with Crippen molar-refractivity contribution < 1.29 is 14.8 Å². The summed E-state index contributed by atoms with van der Waals surface area (Å²) in [7, 11) is 0. The molecule has 0 fully saturated rings. The molecular weight excluding hydrogens is 110 g/mol. The minimum absolute atomic E-state index is 0.0660. The maximum Gasteiger partial charge on any atom is 0.189 e. The smallest absolute Gasteiger partial charge is 0.189 e. The lowest BCUT2D eigenvalue weighted by molar-refractivity contribution is -0.356. The van der Waals surface area contributed by atoms with Crippen LogP contribution >= 0.6 is 0 Å². The van der Waals surface area contributed by atoms with Crippen LogP contribution in [0.5, 0.6) is 0 Å². The van der Waals surface area contributed by atoms with Gasteiger partial charge in [-0.1, -0.05) is 0 Å². The van der Waals surface area contributed by atoms with Crippen molar-refractivity contribution in [2.75, 3.05) is 13.3 Å². The summed E-state index contributed by atoms with van der Waals surface area (Å²) in [6, 6.07) is 0. The van der Waals surface area contributed by atoms with Gasteiger partial charge in [0.15, 0.2) is 6.73 Å². The van der Waals surface area contributed by atoms with Crippen LogP contribution in [0.4, 0.5) is 0 Å². The van der Waals surface area contributed by atoms with Crippen molar-refractivity contribution in [3.8, 4) is 0 Å². The molecule has 1 aliphatic rings. The van der Waals surface area contributed by atoms with Crippen molar-refractivity contribution in [2.24, 2.45) is 0 Å². The summed E-state index contributed by atoms with van der Waals surface area (Å²) in [5, 5.41) is 9.17. The minimum Gasteiger partial charge on any atom is -0.481 e. The SMILES string of the molecule is ON1COC=CCO1.